The van der Waals surface area contributed by atoms with Gasteiger partial charge in [0, 0.05) is 25.7 Å². The van der Waals surface area contributed by atoms with E-state index in [1.165, 1.54) is 37.9 Å². The van der Waals surface area contributed by atoms with Crippen LogP contribution in [0.5, 0.6) is 0 Å². The Labute approximate surface area is 104 Å². The molecule has 91 valence electrons. The maximum Gasteiger partial charge on any atom is 0.0148 e. The van der Waals surface area contributed by atoms with Crippen molar-refractivity contribution in [1.29, 1.82) is 0 Å². The van der Waals surface area contributed by atoms with Gasteiger partial charge in [0.25, 0.3) is 0 Å². The van der Waals surface area contributed by atoms with E-state index in [-0.39, 0.29) is 0 Å². The third kappa shape index (κ3) is 2.53. The maximum atomic E-state index is 4.45. The summed E-state index contributed by atoms with van der Waals surface area (Å²) in [5.41, 5.74) is 1.52. The molecule has 1 aromatic carbocycles. The van der Waals surface area contributed by atoms with Crippen molar-refractivity contribution in [1.82, 2.24) is 10.2 Å². The molecule has 2 aliphatic rings. The molecule has 2 aliphatic heterocycles. The van der Waals surface area contributed by atoms with Crippen molar-refractivity contribution in [2.75, 3.05) is 26.2 Å². The Hall–Kier alpha value is -0.860. The van der Waals surface area contributed by atoms with Crippen molar-refractivity contribution < 1.29 is 0 Å². The normalized spacial score (nSPS) is 27.4. The Balaban J connectivity index is 1.61. The first-order valence-electron chi connectivity index (χ1n) is 6.86. The van der Waals surface area contributed by atoms with Crippen LogP contribution in [0.3, 0.4) is 0 Å². The van der Waals surface area contributed by atoms with Crippen LogP contribution >= 0.6 is 0 Å². The number of benzene rings is 1. The van der Waals surface area contributed by atoms with Gasteiger partial charge in [0.2, 0.25) is 0 Å². The van der Waals surface area contributed by atoms with Crippen LogP contribution in [0, 0.1) is 0 Å². The number of nitrogens with zero attached hydrogens (tertiary/aromatic N) is 2. The van der Waals surface area contributed by atoms with Gasteiger partial charge in [0.1, 0.15) is 0 Å². The fourth-order valence-corrected chi connectivity index (χ4v) is 3.22. The monoisotopic (exact) mass is 229 g/mol. The lowest BCUT2D eigenvalue weighted by Crippen LogP contribution is -2.39. The fourth-order valence-electron chi connectivity index (χ4n) is 3.22. The molecule has 1 aromatic rings. The molecule has 2 saturated heterocycles. The van der Waals surface area contributed by atoms with Crippen molar-refractivity contribution >= 4 is 0 Å². The van der Waals surface area contributed by atoms with Crippen molar-refractivity contribution in [2.24, 2.45) is 0 Å². The highest BCUT2D eigenvalue weighted by Gasteiger charge is 2.29. The predicted molar refractivity (Wildman–Crippen MR) is 70.3 cm³/mol. The Kier molecular flexibility index (Phi) is 3.44. The van der Waals surface area contributed by atoms with Crippen LogP contribution in [0.15, 0.2) is 30.3 Å². The number of piperidine rings is 1. The van der Waals surface area contributed by atoms with E-state index in [1.807, 2.05) is 0 Å². The van der Waals surface area contributed by atoms with E-state index < -0.39 is 0 Å². The molecule has 1 atom stereocenters. The first kappa shape index (κ1) is 11.2. The second kappa shape index (κ2) is 5.19. The largest absolute Gasteiger partial charge is 0.300 e. The molecule has 0 N–H and O–H groups in total. The molecular weight excluding hydrogens is 208 g/mol. The van der Waals surface area contributed by atoms with Crippen LogP contribution in [-0.2, 0) is 0 Å². The van der Waals surface area contributed by atoms with Gasteiger partial charge in [-0.15, -0.1) is 0 Å². The summed E-state index contributed by atoms with van der Waals surface area (Å²) in [6.45, 7) is 4.70. The van der Waals surface area contributed by atoms with Crippen LogP contribution in [0.1, 0.15) is 30.7 Å². The number of hydrogen-bond donors (Lipinski definition) is 0. The quantitative estimate of drug-likeness (QED) is 0.760. The molecule has 2 heterocycles. The van der Waals surface area contributed by atoms with Crippen LogP contribution in [0.4, 0.5) is 0 Å². The van der Waals surface area contributed by atoms with Gasteiger partial charge in [-0.2, -0.15) is 0 Å². The molecule has 0 bridgehead atoms. The summed E-state index contributed by atoms with van der Waals surface area (Å²) in [6, 6.07) is 11.8. The van der Waals surface area contributed by atoms with E-state index in [0.717, 1.165) is 25.0 Å². The SMILES string of the molecule is c1ccc([C@@H]2CCN(C3CC[N]CC3)C2)cc1. The topological polar surface area (TPSA) is 17.3 Å². The molecule has 0 spiro atoms. The maximum absolute atomic E-state index is 4.45. The standard InChI is InChI=1S/C15H21N2/c1-2-4-13(5-3-1)14-8-11-17(12-14)15-6-9-16-10-7-15/h1-5,14-15H,6-12H2/t14-/m1/s1. The minimum Gasteiger partial charge on any atom is -0.300 e. The summed E-state index contributed by atoms with van der Waals surface area (Å²) in [4.78, 5) is 2.70. The Morgan fingerprint density at radius 1 is 1.00 bits per heavy atom. The fraction of sp³-hybridized carbons (Fsp3) is 0.600. The summed E-state index contributed by atoms with van der Waals surface area (Å²) in [5.74, 6) is 0.759. The van der Waals surface area contributed by atoms with E-state index in [2.05, 4.69) is 40.5 Å². The van der Waals surface area contributed by atoms with Gasteiger partial charge < -0.3 is 0 Å². The zero-order valence-corrected chi connectivity index (χ0v) is 10.4. The van der Waals surface area contributed by atoms with E-state index in [4.69, 9.17) is 0 Å². The predicted octanol–water partition coefficient (Wildman–Crippen LogP) is 2.24. The smallest absolute Gasteiger partial charge is 0.0148 e. The molecule has 0 amide bonds. The highest BCUT2D eigenvalue weighted by Crippen LogP contribution is 2.29. The molecular formula is C15H21N2. The molecule has 0 aromatic heterocycles. The minimum absolute atomic E-state index is 0.759. The highest BCUT2D eigenvalue weighted by atomic mass is 15.2. The van der Waals surface area contributed by atoms with Crippen LogP contribution in [0.25, 0.3) is 0 Å². The van der Waals surface area contributed by atoms with Crippen molar-refractivity contribution in [2.45, 2.75) is 31.2 Å². The first-order valence-corrected chi connectivity index (χ1v) is 6.86. The van der Waals surface area contributed by atoms with Gasteiger partial charge in [0.15, 0.2) is 0 Å². The number of likely N-dealkylation sites (tertiary alicyclic amines) is 1. The zero-order chi connectivity index (χ0) is 11.5. The lowest BCUT2D eigenvalue weighted by Gasteiger charge is -2.30. The molecule has 2 nitrogen and oxygen atoms in total. The van der Waals surface area contributed by atoms with Gasteiger partial charge in [-0.05, 0) is 37.3 Å². The second-order valence-corrected chi connectivity index (χ2v) is 5.29. The molecule has 3 rings (SSSR count). The van der Waals surface area contributed by atoms with Gasteiger partial charge in [-0.3, -0.25) is 4.90 Å². The third-order valence-electron chi connectivity index (χ3n) is 4.25. The van der Waals surface area contributed by atoms with Gasteiger partial charge in [-0.1, -0.05) is 30.3 Å². The summed E-state index contributed by atoms with van der Waals surface area (Å²) in [5, 5.41) is 4.45. The first-order chi connectivity index (χ1) is 8.43. The van der Waals surface area contributed by atoms with Crippen LogP contribution in [-0.4, -0.2) is 37.1 Å². The molecule has 2 heteroatoms. The lowest BCUT2D eigenvalue weighted by atomic mass is 9.98. The number of rotatable bonds is 2. The highest BCUT2D eigenvalue weighted by molar-refractivity contribution is 5.21. The molecule has 0 unspecified atom stereocenters. The molecule has 2 fully saturated rings. The van der Waals surface area contributed by atoms with Gasteiger partial charge in [0.05, 0.1) is 0 Å². The summed E-state index contributed by atoms with van der Waals surface area (Å²) >= 11 is 0. The van der Waals surface area contributed by atoms with E-state index >= 15 is 0 Å². The average molecular weight is 229 g/mol. The average Bonchev–Trinajstić information content (AvgIpc) is 2.90. The minimum atomic E-state index is 0.759. The lowest BCUT2D eigenvalue weighted by molar-refractivity contribution is 0.195. The third-order valence-corrected chi connectivity index (χ3v) is 4.25. The van der Waals surface area contributed by atoms with E-state index in [0.29, 0.717) is 0 Å². The molecule has 17 heavy (non-hydrogen) atoms. The molecule has 0 aliphatic carbocycles. The van der Waals surface area contributed by atoms with Crippen molar-refractivity contribution in [3.8, 4) is 0 Å². The number of hydrogen-bond acceptors (Lipinski definition) is 1. The second-order valence-electron chi connectivity index (χ2n) is 5.29. The van der Waals surface area contributed by atoms with Crippen molar-refractivity contribution in [3.63, 3.8) is 0 Å². The molecule has 0 saturated carbocycles. The van der Waals surface area contributed by atoms with E-state index in [1.54, 1.807) is 0 Å². The Morgan fingerprint density at radius 2 is 1.76 bits per heavy atom. The molecule has 1 radical (unpaired) electrons. The Morgan fingerprint density at radius 3 is 2.53 bits per heavy atom. The van der Waals surface area contributed by atoms with Crippen LogP contribution < -0.4 is 5.32 Å². The summed E-state index contributed by atoms with van der Waals surface area (Å²) in [6.07, 6.45) is 3.89. The summed E-state index contributed by atoms with van der Waals surface area (Å²) in [7, 11) is 0. The van der Waals surface area contributed by atoms with Crippen molar-refractivity contribution in [3.05, 3.63) is 35.9 Å². The van der Waals surface area contributed by atoms with E-state index in [9.17, 15) is 0 Å². The van der Waals surface area contributed by atoms with Crippen LogP contribution in [0.2, 0.25) is 0 Å². The Bertz CT molecular complexity index is 343. The summed E-state index contributed by atoms with van der Waals surface area (Å²) < 4.78 is 0. The zero-order valence-electron chi connectivity index (χ0n) is 10.4. The van der Waals surface area contributed by atoms with Gasteiger partial charge in [-0.25, -0.2) is 5.32 Å². The van der Waals surface area contributed by atoms with Gasteiger partial charge >= 0.3 is 0 Å².